The van der Waals surface area contributed by atoms with Crippen LogP contribution in [0, 0.1) is 5.41 Å². The molecule has 5 N–H and O–H groups in total. The zero-order valence-electron chi connectivity index (χ0n) is 13.5. The largest absolute Gasteiger partial charge is 0.405 e. The number of benzene rings is 1. The number of rotatable bonds is 7. The van der Waals surface area contributed by atoms with Crippen molar-refractivity contribution in [3.8, 4) is 0 Å². The molecular weight excluding hydrogens is 363 g/mol. The Morgan fingerprint density at radius 2 is 2.00 bits per heavy atom. The maximum Gasteiger partial charge on any atom is 0.251 e. The Morgan fingerprint density at radius 1 is 1.36 bits per heavy atom. The maximum absolute atomic E-state index is 12.3. The van der Waals surface area contributed by atoms with E-state index in [9.17, 15) is 4.79 Å². The average Bonchev–Trinajstić information content (AvgIpc) is 2.53. The molecule has 7 nitrogen and oxygen atoms in total. The van der Waals surface area contributed by atoms with Crippen LogP contribution in [0.25, 0.3) is 0 Å². The van der Waals surface area contributed by atoms with E-state index in [1.165, 1.54) is 36.7 Å². The van der Waals surface area contributed by atoms with E-state index in [4.69, 9.17) is 34.3 Å². The highest BCUT2D eigenvalue weighted by Crippen LogP contribution is 2.19. The first-order valence-corrected chi connectivity index (χ1v) is 7.83. The first-order valence-electron chi connectivity index (χ1n) is 7.07. The van der Waals surface area contributed by atoms with E-state index in [0.717, 1.165) is 6.34 Å². The Kier molecular flexibility index (Phi) is 8.38. The summed E-state index contributed by atoms with van der Waals surface area (Å²) < 4.78 is 0. The molecule has 0 saturated carbocycles. The monoisotopic (exact) mass is 380 g/mol. The Hall–Kier alpha value is -2.64. The molecule has 0 aliphatic carbocycles. The third-order valence-corrected chi connectivity index (χ3v) is 3.22. The Bertz CT molecular complexity index is 722. The van der Waals surface area contributed by atoms with E-state index >= 15 is 0 Å². The predicted molar refractivity (Wildman–Crippen MR) is 104 cm³/mol. The number of aliphatic imine (C=N–C) groups is 2. The molecule has 25 heavy (non-hydrogen) atoms. The SMILES string of the molecule is C=C(/N=C\C=C/N)N/C(=N\C=N)C(C)NC(=O)c1cc(Cl)cc(Cl)c1. The van der Waals surface area contributed by atoms with Gasteiger partial charge in [0.25, 0.3) is 5.91 Å². The minimum Gasteiger partial charge on any atom is -0.405 e. The first kappa shape index (κ1) is 20.4. The van der Waals surface area contributed by atoms with Gasteiger partial charge in [-0.15, -0.1) is 0 Å². The summed E-state index contributed by atoms with van der Waals surface area (Å²) >= 11 is 11.8. The lowest BCUT2D eigenvalue weighted by Crippen LogP contribution is -2.44. The molecule has 1 aromatic rings. The number of allylic oxidation sites excluding steroid dienone is 1. The topological polar surface area (TPSA) is 116 Å². The number of hydrogen-bond acceptors (Lipinski definition) is 4. The molecule has 0 fully saturated rings. The molecule has 9 heteroatoms. The quantitative estimate of drug-likeness (QED) is 0.430. The Balaban J connectivity index is 2.84. The van der Waals surface area contributed by atoms with Crippen molar-refractivity contribution >= 4 is 47.5 Å². The average molecular weight is 381 g/mol. The zero-order valence-corrected chi connectivity index (χ0v) is 15.0. The number of carbonyl (C=O) groups excluding carboxylic acids is 1. The lowest BCUT2D eigenvalue weighted by atomic mass is 10.2. The van der Waals surface area contributed by atoms with Crippen molar-refractivity contribution in [3.05, 3.63) is 58.5 Å². The second-order valence-corrected chi connectivity index (χ2v) is 5.60. The molecule has 1 aromatic carbocycles. The molecule has 0 bridgehead atoms. The summed E-state index contributed by atoms with van der Waals surface area (Å²) in [5.41, 5.74) is 5.51. The van der Waals surface area contributed by atoms with Crippen LogP contribution in [0.1, 0.15) is 17.3 Å². The number of nitrogens with one attached hydrogen (secondary N) is 3. The number of nitrogens with zero attached hydrogens (tertiary/aromatic N) is 2. The van der Waals surface area contributed by atoms with Gasteiger partial charge >= 0.3 is 0 Å². The minimum atomic E-state index is -0.552. The van der Waals surface area contributed by atoms with E-state index in [1.54, 1.807) is 6.92 Å². The molecule has 132 valence electrons. The van der Waals surface area contributed by atoms with Crippen LogP contribution in [0.2, 0.25) is 10.0 Å². The fourth-order valence-corrected chi connectivity index (χ4v) is 2.24. The summed E-state index contributed by atoms with van der Waals surface area (Å²) in [6.07, 6.45) is 5.13. The van der Waals surface area contributed by atoms with Gasteiger partial charge in [0.2, 0.25) is 0 Å². The third-order valence-electron chi connectivity index (χ3n) is 2.79. The minimum absolute atomic E-state index is 0.269. The van der Waals surface area contributed by atoms with Crippen LogP contribution < -0.4 is 16.4 Å². The molecule has 0 saturated heterocycles. The van der Waals surface area contributed by atoms with Crippen molar-refractivity contribution in [1.82, 2.24) is 10.6 Å². The molecule has 0 aromatic heterocycles. The predicted octanol–water partition coefficient (Wildman–Crippen LogP) is 2.72. The van der Waals surface area contributed by atoms with Gasteiger partial charge in [0.1, 0.15) is 18.0 Å². The van der Waals surface area contributed by atoms with Crippen LogP contribution >= 0.6 is 23.2 Å². The molecule has 0 spiro atoms. The zero-order chi connectivity index (χ0) is 18.8. The highest BCUT2D eigenvalue weighted by molar-refractivity contribution is 6.35. The van der Waals surface area contributed by atoms with Crippen LogP contribution in [0.15, 0.2) is 52.9 Å². The van der Waals surface area contributed by atoms with Crippen molar-refractivity contribution < 1.29 is 4.79 Å². The van der Waals surface area contributed by atoms with E-state index in [2.05, 4.69) is 27.2 Å². The van der Waals surface area contributed by atoms with E-state index in [1.807, 2.05) is 0 Å². The van der Waals surface area contributed by atoms with Gasteiger partial charge in [0, 0.05) is 21.8 Å². The van der Waals surface area contributed by atoms with Gasteiger partial charge in [-0.3, -0.25) is 10.2 Å². The van der Waals surface area contributed by atoms with Crippen molar-refractivity contribution in [1.29, 1.82) is 5.41 Å². The second-order valence-electron chi connectivity index (χ2n) is 4.73. The van der Waals surface area contributed by atoms with Crippen LogP contribution in [0.5, 0.6) is 0 Å². The molecule has 0 aliphatic rings. The summed E-state index contributed by atoms with van der Waals surface area (Å²) in [5, 5.41) is 13.4. The van der Waals surface area contributed by atoms with Crippen LogP contribution in [0.4, 0.5) is 0 Å². The number of nitrogens with two attached hydrogens (primary N) is 1. The van der Waals surface area contributed by atoms with Crippen LogP contribution in [0.3, 0.4) is 0 Å². The van der Waals surface area contributed by atoms with Crippen molar-refractivity contribution in [2.45, 2.75) is 13.0 Å². The normalized spacial score (nSPS) is 13.0. The van der Waals surface area contributed by atoms with Gasteiger partial charge in [-0.05, 0) is 37.4 Å². The van der Waals surface area contributed by atoms with E-state index in [0.29, 0.717) is 15.6 Å². The molecule has 0 aliphatic heterocycles. The molecule has 0 radical (unpaired) electrons. The number of amidine groups is 1. The molecule has 0 heterocycles. The highest BCUT2D eigenvalue weighted by Gasteiger charge is 2.16. The molecule has 1 rings (SSSR count). The summed E-state index contributed by atoms with van der Waals surface area (Å²) in [6, 6.07) is 3.98. The fourth-order valence-electron chi connectivity index (χ4n) is 1.72. The number of amides is 1. The van der Waals surface area contributed by atoms with Crippen molar-refractivity contribution in [3.63, 3.8) is 0 Å². The van der Waals surface area contributed by atoms with E-state index < -0.39 is 11.9 Å². The Morgan fingerprint density at radius 3 is 2.56 bits per heavy atom. The number of halogens is 2. The van der Waals surface area contributed by atoms with Gasteiger partial charge in [0.15, 0.2) is 0 Å². The van der Waals surface area contributed by atoms with Gasteiger partial charge in [-0.25, -0.2) is 9.98 Å². The first-order chi connectivity index (χ1) is 11.9. The van der Waals surface area contributed by atoms with Gasteiger partial charge in [-0.1, -0.05) is 29.8 Å². The van der Waals surface area contributed by atoms with Gasteiger partial charge in [-0.2, -0.15) is 0 Å². The third kappa shape index (κ3) is 7.19. The molecular formula is C16H18Cl2N6O. The van der Waals surface area contributed by atoms with Gasteiger partial charge < -0.3 is 16.4 Å². The summed E-state index contributed by atoms with van der Waals surface area (Å²) in [4.78, 5) is 20.2. The van der Waals surface area contributed by atoms with Crippen LogP contribution in [-0.2, 0) is 0 Å². The number of carbonyl (C=O) groups is 1. The molecule has 1 amide bonds. The van der Waals surface area contributed by atoms with Gasteiger partial charge in [0.05, 0.1) is 6.04 Å². The summed E-state index contributed by atoms with van der Waals surface area (Å²) in [5.74, 6) is 0.164. The maximum atomic E-state index is 12.3. The van der Waals surface area contributed by atoms with Crippen molar-refractivity contribution in [2.24, 2.45) is 15.7 Å². The number of hydrogen-bond donors (Lipinski definition) is 4. The fraction of sp³-hybridized carbons (Fsp3) is 0.125. The lowest BCUT2D eigenvalue weighted by molar-refractivity contribution is 0.0949. The lowest BCUT2D eigenvalue weighted by Gasteiger charge is -2.17. The smallest absolute Gasteiger partial charge is 0.251 e. The summed E-state index contributed by atoms with van der Waals surface area (Å²) in [6.45, 7) is 5.39. The second kappa shape index (κ2) is 10.3. The van der Waals surface area contributed by atoms with Crippen molar-refractivity contribution in [2.75, 3.05) is 0 Å². The van der Waals surface area contributed by atoms with Crippen LogP contribution in [-0.4, -0.2) is 30.3 Å². The Labute approximate surface area is 155 Å². The van der Waals surface area contributed by atoms with E-state index in [-0.39, 0.29) is 11.7 Å². The standard InChI is InChI=1S/C16H18Cl2N6O/c1-10(15(22-9-20)24-11(2)21-5-3-4-19)23-16(25)12-6-13(17)8-14(18)7-12/h3-10H,2,19H2,1H3,(H,23,25)(H2,20,22,24)/b4-3-,21-5-. The molecule has 1 unspecified atom stereocenters. The highest BCUT2D eigenvalue weighted by atomic mass is 35.5. The summed E-state index contributed by atoms with van der Waals surface area (Å²) in [7, 11) is 0. The molecule has 1 atom stereocenters.